The third-order valence-corrected chi connectivity index (χ3v) is 1.81. The van der Waals surface area contributed by atoms with Crippen molar-refractivity contribution in [3.63, 3.8) is 0 Å². The molecule has 0 radical (unpaired) electrons. The van der Waals surface area contributed by atoms with Crippen molar-refractivity contribution in [3.8, 4) is 0 Å². The standard InChI is InChI=1S/C11H25NO2/c1-10(2)8-14-7-6-12-11(3,4)9-13-5/h10,12H,6-9H2,1-5H3. The van der Waals surface area contributed by atoms with Gasteiger partial charge in [-0.05, 0) is 19.8 Å². The summed E-state index contributed by atoms with van der Waals surface area (Å²) in [5, 5.41) is 3.38. The Morgan fingerprint density at radius 1 is 1.29 bits per heavy atom. The first kappa shape index (κ1) is 13.9. The highest BCUT2D eigenvalue weighted by molar-refractivity contribution is 4.76. The Labute approximate surface area is 88.2 Å². The summed E-state index contributed by atoms with van der Waals surface area (Å²) in [6.45, 7) is 11.8. The summed E-state index contributed by atoms with van der Waals surface area (Å²) in [5.74, 6) is 0.613. The van der Waals surface area contributed by atoms with Crippen molar-refractivity contribution >= 4 is 0 Å². The molecule has 0 aromatic carbocycles. The molecule has 0 bridgehead atoms. The minimum absolute atomic E-state index is 0.0376. The Hall–Kier alpha value is -0.120. The smallest absolute Gasteiger partial charge is 0.0639 e. The van der Waals surface area contributed by atoms with Crippen molar-refractivity contribution in [3.05, 3.63) is 0 Å². The maximum Gasteiger partial charge on any atom is 0.0639 e. The fourth-order valence-electron chi connectivity index (χ4n) is 1.19. The van der Waals surface area contributed by atoms with Crippen LogP contribution in [-0.2, 0) is 9.47 Å². The first-order valence-corrected chi connectivity index (χ1v) is 5.29. The van der Waals surface area contributed by atoms with Gasteiger partial charge in [0, 0.05) is 25.8 Å². The minimum atomic E-state index is 0.0376. The molecule has 0 saturated heterocycles. The van der Waals surface area contributed by atoms with Gasteiger partial charge in [0.2, 0.25) is 0 Å². The number of nitrogens with one attached hydrogen (secondary N) is 1. The van der Waals surface area contributed by atoms with Gasteiger partial charge < -0.3 is 14.8 Å². The van der Waals surface area contributed by atoms with Crippen LogP contribution in [0.4, 0.5) is 0 Å². The lowest BCUT2D eigenvalue weighted by molar-refractivity contribution is 0.0917. The van der Waals surface area contributed by atoms with E-state index in [4.69, 9.17) is 9.47 Å². The summed E-state index contributed by atoms with van der Waals surface area (Å²) in [6, 6.07) is 0. The molecule has 0 saturated carbocycles. The molecule has 0 fully saturated rings. The number of hydrogen-bond acceptors (Lipinski definition) is 3. The van der Waals surface area contributed by atoms with Gasteiger partial charge in [0.15, 0.2) is 0 Å². The maximum atomic E-state index is 5.47. The van der Waals surface area contributed by atoms with E-state index >= 15 is 0 Å². The van der Waals surface area contributed by atoms with E-state index in [0.29, 0.717) is 5.92 Å². The lowest BCUT2D eigenvalue weighted by atomic mass is 10.1. The van der Waals surface area contributed by atoms with Crippen molar-refractivity contribution in [2.24, 2.45) is 5.92 Å². The van der Waals surface area contributed by atoms with E-state index in [1.165, 1.54) is 0 Å². The van der Waals surface area contributed by atoms with Gasteiger partial charge >= 0.3 is 0 Å². The van der Waals surface area contributed by atoms with Gasteiger partial charge in [-0.3, -0.25) is 0 Å². The summed E-state index contributed by atoms with van der Waals surface area (Å²) in [7, 11) is 1.72. The molecule has 0 unspecified atom stereocenters. The lowest BCUT2D eigenvalue weighted by Gasteiger charge is -2.25. The fourth-order valence-corrected chi connectivity index (χ4v) is 1.19. The van der Waals surface area contributed by atoms with Crippen LogP contribution in [0.2, 0.25) is 0 Å². The van der Waals surface area contributed by atoms with Crippen molar-refractivity contribution in [2.45, 2.75) is 33.2 Å². The second-order valence-corrected chi connectivity index (χ2v) is 4.71. The van der Waals surface area contributed by atoms with Gasteiger partial charge in [-0.1, -0.05) is 13.8 Å². The predicted molar refractivity (Wildman–Crippen MR) is 59.6 cm³/mol. The highest BCUT2D eigenvalue weighted by Gasteiger charge is 2.15. The maximum absolute atomic E-state index is 5.47. The molecule has 3 nitrogen and oxygen atoms in total. The Bertz CT molecular complexity index is 135. The van der Waals surface area contributed by atoms with Gasteiger partial charge in [-0.15, -0.1) is 0 Å². The second kappa shape index (κ2) is 7.21. The fraction of sp³-hybridized carbons (Fsp3) is 1.00. The lowest BCUT2D eigenvalue weighted by Crippen LogP contribution is -2.44. The quantitative estimate of drug-likeness (QED) is 0.609. The zero-order valence-electron chi connectivity index (χ0n) is 10.2. The van der Waals surface area contributed by atoms with Crippen molar-refractivity contribution in [2.75, 3.05) is 33.5 Å². The summed E-state index contributed by atoms with van der Waals surface area (Å²) < 4.78 is 10.6. The van der Waals surface area contributed by atoms with Gasteiger partial charge in [0.25, 0.3) is 0 Å². The molecule has 0 amide bonds. The van der Waals surface area contributed by atoms with Crippen molar-refractivity contribution in [1.82, 2.24) is 5.32 Å². The molecule has 0 heterocycles. The minimum Gasteiger partial charge on any atom is -0.383 e. The van der Waals surface area contributed by atoms with Crippen LogP contribution < -0.4 is 5.32 Å². The Morgan fingerprint density at radius 3 is 2.43 bits per heavy atom. The van der Waals surface area contributed by atoms with Gasteiger partial charge in [0.05, 0.1) is 13.2 Å². The molecule has 0 atom stereocenters. The molecule has 3 heteroatoms. The molecule has 0 spiro atoms. The summed E-state index contributed by atoms with van der Waals surface area (Å²) >= 11 is 0. The number of methoxy groups -OCH3 is 1. The SMILES string of the molecule is COCC(C)(C)NCCOCC(C)C. The Balaban J connectivity index is 3.34. The summed E-state index contributed by atoms with van der Waals surface area (Å²) in [6.07, 6.45) is 0. The van der Waals surface area contributed by atoms with Crippen molar-refractivity contribution in [1.29, 1.82) is 0 Å². The van der Waals surface area contributed by atoms with Crippen LogP contribution in [0.1, 0.15) is 27.7 Å². The zero-order valence-corrected chi connectivity index (χ0v) is 10.2. The van der Waals surface area contributed by atoms with E-state index in [2.05, 4.69) is 33.0 Å². The third kappa shape index (κ3) is 8.48. The molecule has 0 rings (SSSR count). The van der Waals surface area contributed by atoms with Gasteiger partial charge in [-0.25, -0.2) is 0 Å². The first-order valence-electron chi connectivity index (χ1n) is 5.29. The molecule has 0 aliphatic carbocycles. The first-order chi connectivity index (χ1) is 6.48. The van der Waals surface area contributed by atoms with Crippen LogP contribution in [-0.4, -0.2) is 39.0 Å². The topological polar surface area (TPSA) is 30.5 Å². The van der Waals surface area contributed by atoms with Crippen LogP contribution in [0, 0.1) is 5.92 Å². The number of ether oxygens (including phenoxy) is 2. The predicted octanol–water partition coefficient (Wildman–Crippen LogP) is 1.67. The third-order valence-electron chi connectivity index (χ3n) is 1.81. The summed E-state index contributed by atoms with van der Waals surface area (Å²) in [5.41, 5.74) is 0.0376. The summed E-state index contributed by atoms with van der Waals surface area (Å²) in [4.78, 5) is 0. The van der Waals surface area contributed by atoms with E-state index < -0.39 is 0 Å². The van der Waals surface area contributed by atoms with E-state index in [0.717, 1.165) is 26.4 Å². The van der Waals surface area contributed by atoms with E-state index in [9.17, 15) is 0 Å². The van der Waals surface area contributed by atoms with E-state index in [1.807, 2.05) is 0 Å². The molecular formula is C11H25NO2. The Morgan fingerprint density at radius 2 is 1.93 bits per heavy atom. The zero-order chi connectivity index (χ0) is 11.0. The highest BCUT2D eigenvalue weighted by atomic mass is 16.5. The molecule has 0 aliphatic rings. The second-order valence-electron chi connectivity index (χ2n) is 4.71. The normalized spacial score (nSPS) is 12.4. The van der Waals surface area contributed by atoms with E-state index in [-0.39, 0.29) is 5.54 Å². The average Bonchev–Trinajstić information content (AvgIpc) is 2.02. The molecule has 0 aromatic heterocycles. The highest BCUT2D eigenvalue weighted by Crippen LogP contribution is 2.01. The molecule has 0 aliphatic heterocycles. The average molecular weight is 203 g/mol. The van der Waals surface area contributed by atoms with Gasteiger partial charge in [-0.2, -0.15) is 0 Å². The van der Waals surface area contributed by atoms with Crippen LogP contribution in [0.3, 0.4) is 0 Å². The van der Waals surface area contributed by atoms with Crippen LogP contribution in [0.25, 0.3) is 0 Å². The molecule has 0 aromatic rings. The molecule has 1 N–H and O–H groups in total. The molecule has 86 valence electrons. The number of rotatable bonds is 8. The Kier molecular flexibility index (Phi) is 7.15. The largest absolute Gasteiger partial charge is 0.383 e. The van der Waals surface area contributed by atoms with Crippen molar-refractivity contribution < 1.29 is 9.47 Å². The monoisotopic (exact) mass is 203 g/mol. The number of hydrogen-bond donors (Lipinski definition) is 1. The molecule has 14 heavy (non-hydrogen) atoms. The van der Waals surface area contributed by atoms with Crippen LogP contribution in [0.5, 0.6) is 0 Å². The van der Waals surface area contributed by atoms with Crippen LogP contribution in [0.15, 0.2) is 0 Å². The van der Waals surface area contributed by atoms with E-state index in [1.54, 1.807) is 7.11 Å². The van der Waals surface area contributed by atoms with Crippen LogP contribution >= 0.6 is 0 Å². The van der Waals surface area contributed by atoms with Gasteiger partial charge in [0.1, 0.15) is 0 Å². The molecular weight excluding hydrogens is 178 g/mol.